The molecule has 1 rings (SSSR count). The molecule has 0 bridgehead atoms. The van der Waals surface area contributed by atoms with Gasteiger partial charge in [-0.15, -0.1) is 0 Å². The standard InChI is InChI=1S/C11H21NO2/c1-3-4-9(2)14-11(13)7-10-5-6-12-8-10/h9-10,12H,3-8H2,1-2H3. The second-order valence-corrected chi connectivity index (χ2v) is 4.15. The predicted octanol–water partition coefficient (Wildman–Crippen LogP) is 1.72. The molecule has 1 aliphatic rings. The average molecular weight is 199 g/mol. The summed E-state index contributed by atoms with van der Waals surface area (Å²) in [6.07, 6.45) is 3.81. The van der Waals surface area contributed by atoms with Gasteiger partial charge >= 0.3 is 5.97 Å². The molecule has 3 heteroatoms. The third-order valence-electron chi connectivity index (χ3n) is 2.65. The Balaban J connectivity index is 2.14. The minimum Gasteiger partial charge on any atom is -0.463 e. The first-order chi connectivity index (χ1) is 6.72. The van der Waals surface area contributed by atoms with Crippen molar-refractivity contribution in [1.29, 1.82) is 0 Å². The Labute approximate surface area is 86.2 Å². The van der Waals surface area contributed by atoms with Gasteiger partial charge in [0.15, 0.2) is 0 Å². The van der Waals surface area contributed by atoms with Crippen LogP contribution in [0, 0.1) is 5.92 Å². The molecule has 2 atom stereocenters. The highest BCUT2D eigenvalue weighted by Crippen LogP contribution is 2.14. The molecule has 1 heterocycles. The van der Waals surface area contributed by atoms with E-state index in [0.717, 1.165) is 32.4 Å². The van der Waals surface area contributed by atoms with E-state index in [1.54, 1.807) is 0 Å². The van der Waals surface area contributed by atoms with E-state index in [9.17, 15) is 4.79 Å². The minimum absolute atomic E-state index is 0.0281. The molecule has 1 saturated heterocycles. The van der Waals surface area contributed by atoms with Crippen molar-refractivity contribution in [3.8, 4) is 0 Å². The molecule has 1 fully saturated rings. The van der Waals surface area contributed by atoms with Gasteiger partial charge in [-0.3, -0.25) is 4.79 Å². The fourth-order valence-electron chi connectivity index (χ4n) is 1.86. The van der Waals surface area contributed by atoms with Crippen LogP contribution in [0.3, 0.4) is 0 Å². The van der Waals surface area contributed by atoms with Gasteiger partial charge in [-0.05, 0) is 38.8 Å². The molecule has 3 nitrogen and oxygen atoms in total. The van der Waals surface area contributed by atoms with Crippen molar-refractivity contribution in [2.45, 2.75) is 45.6 Å². The first-order valence-electron chi connectivity index (χ1n) is 5.62. The lowest BCUT2D eigenvalue weighted by Crippen LogP contribution is -2.19. The first-order valence-corrected chi connectivity index (χ1v) is 5.62. The number of rotatable bonds is 5. The highest BCUT2D eigenvalue weighted by molar-refractivity contribution is 5.69. The van der Waals surface area contributed by atoms with E-state index in [0.29, 0.717) is 12.3 Å². The SMILES string of the molecule is CCCC(C)OC(=O)CC1CCNC1. The molecule has 82 valence electrons. The smallest absolute Gasteiger partial charge is 0.306 e. The van der Waals surface area contributed by atoms with Gasteiger partial charge in [0.25, 0.3) is 0 Å². The van der Waals surface area contributed by atoms with Gasteiger partial charge in [0.2, 0.25) is 0 Å². The summed E-state index contributed by atoms with van der Waals surface area (Å²) in [5.74, 6) is 0.468. The number of carbonyl (C=O) groups is 1. The maximum atomic E-state index is 11.4. The monoisotopic (exact) mass is 199 g/mol. The molecule has 0 spiro atoms. The van der Waals surface area contributed by atoms with E-state index >= 15 is 0 Å². The van der Waals surface area contributed by atoms with E-state index in [1.807, 2.05) is 6.92 Å². The third kappa shape index (κ3) is 4.09. The molecule has 0 radical (unpaired) electrons. The first kappa shape index (κ1) is 11.5. The van der Waals surface area contributed by atoms with Crippen LogP contribution in [0.1, 0.15) is 39.5 Å². The Kier molecular flexibility index (Phi) is 4.94. The number of carbonyl (C=O) groups excluding carboxylic acids is 1. The van der Waals surface area contributed by atoms with Crippen LogP contribution in [0.25, 0.3) is 0 Å². The zero-order chi connectivity index (χ0) is 10.4. The maximum Gasteiger partial charge on any atom is 0.306 e. The number of hydrogen-bond donors (Lipinski definition) is 1. The number of esters is 1. The van der Waals surface area contributed by atoms with E-state index in [-0.39, 0.29) is 12.1 Å². The summed E-state index contributed by atoms with van der Waals surface area (Å²) in [5.41, 5.74) is 0. The van der Waals surface area contributed by atoms with Crippen LogP contribution in [0.15, 0.2) is 0 Å². The van der Waals surface area contributed by atoms with Crippen molar-refractivity contribution < 1.29 is 9.53 Å². The summed E-state index contributed by atoms with van der Waals surface area (Å²) in [6.45, 7) is 6.08. The van der Waals surface area contributed by atoms with Crippen LogP contribution >= 0.6 is 0 Å². The van der Waals surface area contributed by atoms with Gasteiger partial charge < -0.3 is 10.1 Å². The van der Waals surface area contributed by atoms with Gasteiger partial charge in [-0.25, -0.2) is 0 Å². The van der Waals surface area contributed by atoms with Crippen LogP contribution in [0.5, 0.6) is 0 Å². The fraction of sp³-hybridized carbons (Fsp3) is 0.909. The van der Waals surface area contributed by atoms with E-state index < -0.39 is 0 Å². The van der Waals surface area contributed by atoms with Crippen molar-refractivity contribution in [2.75, 3.05) is 13.1 Å². The molecule has 0 aromatic rings. The van der Waals surface area contributed by atoms with E-state index in [2.05, 4.69) is 12.2 Å². The molecule has 2 unspecified atom stereocenters. The minimum atomic E-state index is -0.0281. The normalized spacial score (nSPS) is 23.4. The lowest BCUT2D eigenvalue weighted by atomic mass is 10.1. The Hall–Kier alpha value is -0.570. The maximum absolute atomic E-state index is 11.4. The number of hydrogen-bond acceptors (Lipinski definition) is 3. The van der Waals surface area contributed by atoms with Crippen molar-refractivity contribution in [1.82, 2.24) is 5.32 Å². The second-order valence-electron chi connectivity index (χ2n) is 4.15. The molecule has 0 aromatic carbocycles. The molecule has 0 aliphatic carbocycles. The second kappa shape index (κ2) is 6.02. The molecule has 1 N–H and O–H groups in total. The molecule has 0 amide bonds. The molecule has 14 heavy (non-hydrogen) atoms. The summed E-state index contributed by atoms with van der Waals surface area (Å²) in [4.78, 5) is 11.4. The zero-order valence-corrected chi connectivity index (χ0v) is 9.21. The lowest BCUT2D eigenvalue weighted by Gasteiger charge is -2.13. The van der Waals surface area contributed by atoms with Crippen molar-refractivity contribution in [3.05, 3.63) is 0 Å². The summed E-state index contributed by atoms with van der Waals surface area (Å²) in [6, 6.07) is 0. The Morgan fingerprint density at radius 3 is 3.00 bits per heavy atom. The highest BCUT2D eigenvalue weighted by Gasteiger charge is 2.19. The van der Waals surface area contributed by atoms with Crippen LogP contribution in [0.2, 0.25) is 0 Å². The van der Waals surface area contributed by atoms with E-state index in [1.165, 1.54) is 0 Å². The quantitative estimate of drug-likeness (QED) is 0.685. The topological polar surface area (TPSA) is 38.3 Å². The Morgan fingerprint density at radius 2 is 2.43 bits per heavy atom. The van der Waals surface area contributed by atoms with Gasteiger partial charge in [0.05, 0.1) is 6.10 Å². The van der Waals surface area contributed by atoms with Crippen molar-refractivity contribution in [3.63, 3.8) is 0 Å². The Morgan fingerprint density at radius 1 is 1.64 bits per heavy atom. The van der Waals surface area contributed by atoms with Crippen LogP contribution in [0.4, 0.5) is 0 Å². The lowest BCUT2D eigenvalue weighted by molar-refractivity contribution is -0.149. The molecule has 0 saturated carbocycles. The molecule has 0 aromatic heterocycles. The largest absolute Gasteiger partial charge is 0.463 e. The average Bonchev–Trinajstić information content (AvgIpc) is 2.56. The number of nitrogens with one attached hydrogen (secondary N) is 1. The third-order valence-corrected chi connectivity index (χ3v) is 2.65. The zero-order valence-electron chi connectivity index (χ0n) is 9.21. The number of ether oxygens (including phenoxy) is 1. The van der Waals surface area contributed by atoms with Gasteiger partial charge in [-0.1, -0.05) is 13.3 Å². The van der Waals surface area contributed by atoms with E-state index in [4.69, 9.17) is 4.74 Å². The predicted molar refractivity (Wildman–Crippen MR) is 56.1 cm³/mol. The fourth-order valence-corrected chi connectivity index (χ4v) is 1.86. The summed E-state index contributed by atoms with van der Waals surface area (Å²) < 4.78 is 5.29. The molecular formula is C11H21NO2. The summed E-state index contributed by atoms with van der Waals surface area (Å²) >= 11 is 0. The van der Waals surface area contributed by atoms with Crippen LogP contribution < -0.4 is 5.32 Å². The molecule has 1 aliphatic heterocycles. The van der Waals surface area contributed by atoms with Crippen LogP contribution in [-0.2, 0) is 9.53 Å². The van der Waals surface area contributed by atoms with Gasteiger partial charge in [0, 0.05) is 6.42 Å². The highest BCUT2D eigenvalue weighted by atomic mass is 16.5. The van der Waals surface area contributed by atoms with Crippen molar-refractivity contribution in [2.24, 2.45) is 5.92 Å². The van der Waals surface area contributed by atoms with Gasteiger partial charge in [-0.2, -0.15) is 0 Å². The molecular weight excluding hydrogens is 178 g/mol. The van der Waals surface area contributed by atoms with Gasteiger partial charge in [0.1, 0.15) is 0 Å². The van der Waals surface area contributed by atoms with Crippen LogP contribution in [-0.4, -0.2) is 25.2 Å². The summed E-state index contributed by atoms with van der Waals surface area (Å²) in [5, 5.41) is 3.25. The summed E-state index contributed by atoms with van der Waals surface area (Å²) in [7, 11) is 0. The Bertz CT molecular complexity index is 176. The van der Waals surface area contributed by atoms with Crippen molar-refractivity contribution >= 4 is 5.97 Å².